The van der Waals surface area contributed by atoms with Crippen molar-refractivity contribution in [2.45, 2.75) is 44.6 Å². The Morgan fingerprint density at radius 2 is 2.00 bits per heavy atom. The fraction of sp³-hybridized carbons (Fsp3) is 1.00. The van der Waals surface area contributed by atoms with Crippen LogP contribution in [0.4, 0.5) is 8.78 Å². The van der Waals surface area contributed by atoms with Crippen molar-refractivity contribution in [2.75, 3.05) is 0 Å². The molecule has 0 aromatic carbocycles. The second-order valence-corrected chi connectivity index (χ2v) is 3.47. The molecule has 0 bridgehead atoms. The van der Waals surface area contributed by atoms with Crippen molar-refractivity contribution in [3.05, 3.63) is 0 Å². The molecule has 0 aliphatic heterocycles. The third-order valence-electron chi connectivity index (χ3n) is 2.45. The Hall–Kier alpha value is 0.110. The predicted octanol–water partition coefficient (Wildman–Crippen LogP) is 2.58. The van der Waals surface area contributed by atoms with Crippen molar-refractivity contribution in [1.29, 1.82) is 0 Å². The largest absolute Gasteiger partial charge is 0.327 e. The Morgan fingerprint density at radius 3 is 2.33 bits per heavy atom. The number of rotatable bonds is 1. The van der Waals surface area contributed by atoms with Crippen LogP contribution in [-0.2, 0) is 0 Å². The van der Waals surface area contributed by atoms with Crippen LogP contribution in [-0.4, -0.2) is 12.0 Å². The molecule has 0 spiro atoms. The average molecular weight is 200 g/mol. The van der Waals surface area contributed by atoms with Gasteiger partial charge in [-0.2, -0.15) is 0 Å². The van der Waals surface area contributed by atoms with Gasteiger partial charge in [0.25, 0.3) is 5.92 Å². The minimum absolute atomic E-state index is 0. The van der Waals surface area contributed by atoms with E-state index in [-0.39, 0.29) is 24.9 Å². The standard InChI is InChI=1S/C8H15F2N.ClH/c1-6(11)7-4-2-3-5-8(7,9)10;/h6-7H,2-5,11H2,1H3;1H. The van der Waals surface area contributed by atoms with Crippen LogP contribution in [0.1, 0.15) is 32.6 Å². The van der Waals surface area contributed by atoms with E-state index in [1.165, 1.54) is 0 Å². The second-order valence-electron chi connectivity index (χ2n) is 3.47. The lowest BCUT2D eigenvalue weighted by Crippen LogP contribution is -2.42. The zero-order valence-corrected chi connectivity index (χ0v) is 8.04. The molecule has 0 aromatic rings. The molecule has 1 aliphatic rings. The van der Waals surface area contributed by atoms with E-state index in [2.05, 4.69) is 0 Å². The van der Waals surface area contributed by atoms with Crippen molar-refractivity contribution in [3.8, 4) is 0 Å². The molecular weight excluding hydrogens is 184 g/mol. The summed E-state index contributed by atoms with van der Waals surface area (Å²) in [6.07, 6.45) is 2.17. The van der Waals surface area contributed by atoms with Crippen LogP contribution >= 0.6 is 12.4 Å². The Kier molecular flexibility index (Phi) is 4.42. The summed E-state index contributed by atoms with van der Waals surface area (Å²) in [6, 6.07) is -0.370. The fourth-order valence-electron chi connectivity index (χ4n) is 1.77. The molecule has 1 nitrogen and oxygen atoms in total. The lowest BCUT2D eigenvalue weighted by atomic mass is 9.81. The van der Waals surface area contributed by atoms with Crippen molar-refractivity contribution in [2.24, 2.45) is 11.7 Å². The topological polar surface area (TPSA) is 26.0 Å². The van der Waals surface area contributed by atoms with Crippen LogP contribution in [0.3, 0.4) is 0 Å². The fourth-order valence-corrected chi connectivity index (χ4v) is 1.77. The highest BCUT2D eigenvalue weighted by atomic mass is 35.5. The highest BCUT2D eigenvalue weighted by Crippen LogP contribution is 2.39. The highest BCUT2D eigenvalue weighted by molar-refractivity contribution is 5.85. The van der Waals surface area contributed by atoms with E-state index in [1.54, 1.807) is 6.92 Å². The van der Waals surface area contributed by atoms with Gasteiger partial charge in [0, 0.05) is 18.4 Å². The van der Waals surface area contributed by atoms with Gasteiger partial charge in [-0.1, -0.05) is 6.42 Å². The first kappa shape index (κ1) is 12.1. The zero-order chi connectivity index (χ0) is 8.48. The predicted molar refractivity (Wildman–Crippen MR) is 47.8 cm³/mol. The van der Waals surface area contributed by atoms with E-state index in [1.807, 2.05) is 0 Å². The summed E-state index contributed by atoms with van der Waals surface area (Å²) < 4.78 is 26.1. The SMILES string of the molecule is CC(N)C1CCCCC1(F)F.Cl. The van der Waals surface area contributed by atoms with Gasteiger partial charge in [-0.25, -0.2) is 8.78 Å². The number of hydrogen-bond acceptors (Lipinski definition) is 1. The van der Waals surface area contributed by atoms with E-state index in [9.17, 15) is 8.78 Å². The summed E-state index contributed by atoms with van der Waals surface area (Å²) in [4.78, 5) is 0. The number of halogens is 3. The Labute approximate surface area is 78.1 Å². The van der Waals surface area contributed by atoms with Crippen molar-refractivity contribution in [3.63, 3.8) is 0 Å². The average Bonchev–Trinajstić information content (AvgIpc) is 1.85. The highest BCUT2D eigenvalue weighted by Gasteiger charge is 2.42. The van der Waals surface area contributed by atoms with Crippen LogP contribution in [0.25, 0.3) is 0 Å². The minimum Gasteiger partial charge on any atom is -0.327 e. The molecule has 12 heavy (non-hydrogen) atoms. The lowest BCUT2D eigenvalue weighted by Gasteiger charge is -2.33. The van der Waals surface area contributed by atoms with E-state index in [0.717, 1.165) is 6.42 Å². The molecule has 2 atom stereocenters. The van der Waals surface area contributed by atoms with Crippen LogP contribution in [0.5, 0.6) is 0 Å². The molecule has 0 aromatic heterocycles. The molecule has 0 saturated heterocycles. The molecular formula is C8H16ClF2N. The molecule has 1 fully saturated rings. The van der Waals surface area contributed by atoms with Crippen molar-refractivity contribution >= 4 is 12.4 Å². The van der Waals surface area contributed by atoms with Gasteiger partial charge in [-0.3, -0.25) is 0 Å². The minimum atomic E-state index is -2.51. The van der Waals surface area contributed by atoms with Gasteiger partial charge in [-0.15, -0.1) is 12.4 Å². The molecule has 0 heterocycles. The molecule has 0 radical (unpaired) electrons. The van der Waals surface area contributed by atoms with Gasteiger partial charge < -0.3 is 5.73 Å². The van der Waals surface area contributed by atoms with Crippen LogP contribution in [0, 0.1) is 5.92 Å². The molecule has 74 valence electrons. The second kappa shape index (κ2) is 4.38. The summed E-state index contributed by atoms with van der Waals surface area (Å²) in [6.45, 7) is 1.67. The van der Waals surface area contributed by atoms with Crippen LogP contribution < -0.4 is 5.73 Å². The smallest absolute Gasteiger partial charge is 0.252 e. The van der Waals surface area contributed by atoms with Gasteiger partial charge in [0.15, 0.2) is 0 Å². The first-order chi connectivity index (χ1) is 5.04. The molecule has 0 amide bonds. The van der Waals surface area contributed by atoms with Gasteiger partial charge >= 0.3 is 0 Å². The van der Waals surface area contributed by atoms with Crippen LogP contribution in [0.15, 0.2) is 0 Å². The third kappa shape index (κ3) is 2.56. The van der Waals surface area contributed by atoms with E-state index < -0.39 is 11.8 Å². The first-order valence-electron chi connectivity index (χ1n) is 4.17. The first-order valence-corrected chi connectivity index (χ1v) is 4.17. The van der Waals surface area contributed by atoms with E-state index >= 15 is 0 Å². The monoisotopic (exact) mass is 199 g/mol. The zero-order valence-electron chi connectivity index (χ0n) is 7.22. The summed E-state index contributed by atoms with van der Waals surface area (Å²) in [5, 5.41) is 0. The molecule has 2 unspecified atom stereocenters. The van der Waals surface area contributed by atoms with Gasteiger partial charge in [-0.05, 0) is 19.8 Å². The van der Waals surface area contributed by atoms with Gasteiger partial charge in [0.05, 0.1) is 0 Å². The molecule has 4 heteroatoms. The van der Waals surface area contributed by atoms with Crippen LogP contribution in [0.2, 0.25) is 0 Å². The molecule has 1 rings (SSSR count). The van der Waals surface area contributed by atoms with Gasteiger partial charge in [0.1, 0.15) is 0 Å². The lowest BCUT2D eigenvalue weighted by molar-refractivity contribution is -0.0919. The van der Waals surface area contributed by atoms with Crippen molar-refractivity contribution < 1.29 is 8.78 Å². The maximum absolute atomic E-state index is 13.0. The Morgan fingerprint density at radius 1 is 1.42 bits per heavy atom. The van der Waals surface area contributed by atoms with Gasteiger partial charge in [0.2, 0.25) is 0 Å². The maximum atomic E-state index is 13.0. The Balaban J connectivity index is 0.00000121. The Bertz CT molecular complexity index is 139. The van der Waals surface area contributed by atoms with E-state index in [0.29, 0.717) is 12.8 Å². The number of alkyl halides is 2. The number of hydrogen-bond donors (Lipinski definition) is 1. The van der Waals surface area contributed by atoms with E-state index in [4.69, 9.17) is 5.73 Å². The summed E-state index contributed by atoms with van der Waals surface area (Å²) >= 11 is 0. The molecule has 1 saturated carbocycles. The summed E-state index contributed by atoms with van der Waals surface area (Å²) in [5.74, 6) is -3.09. The summed E-state index contributed by atoms with van der Waals surface area (Å²) in [5.41, 5.74) is 5.46. The molecule has 1 aliphatic carbocycles. The number of nitrogens with two attached hydrogens (primary N) is 1. The molecule has 2 N–H and O–H groups in total. The summed E-state index contributed by atoms with van der Waals surface area (Å²) in [7, 11) is 0. The van der Waals surface area contributed by atoms with Crippen molar-refractivity contribution in [1.82, 2.24) is 0 Å². The normalized spacial score (nSPS) is 30.5. The quantitative estimate of drug-likeness (QED) is 0.690. The third-order valence-corrected chi connectivity index (χ3v) is 2.45. The maximum Gasteiger partial charge on any atom is 0.252 e.